The molecule has 100 valence electrons. The first-order valence-corrected chi connectivity index (χ1v) is 7.14. The smallest absolute Gasteiger partial charge is 0.227 e. The van der Waals surface area contributed by atoms with Crippen LogP contribution in [0.3, 0.4) is 0 Å². The van der Waals surface area contributed by atoms with Gasteiger partial charge in [-0.2, -0.15) is 0 Å². The van der Waals surface area contributed by atoms with Crippen molar-refractivity contribution in [2.75, 3.05) is 13.1 Å². The highest BCUT2D eigenvalue weighted by molar-refractivity contribution is 9.10. The molecule has 2 N–H and O–H groups in total. The summed E-state index contributed by atoms with van der Waals surface area (Å²) < 4.78 is 1.02. The second-order valence-electron chi connectivity index (χ2n) is 4.96. The summed E-state index contributed by atoms with van der Waals surface area (Å²) in [5.74, 6) is 0.0837. The van der Waals surface area contributed by atoms with E-state index in [1.54, 1.807) is 4.90 Å². The van der Waals surface area contributed by atoms with Crippen molar-refractivity contribution in [3.05, 3.63) is 34.4 Å². The second kappa shape index (κ2) is 4.98. The first-order chi connectivity index (χ1) is 9.13. The van der Waals surface area contributed by atoms with E-state index in [4.69, 9.17) is 0 Å². The van der Waals surface area contributed by atoms with Crippen molar-refractivity contribution >= 4 is 32.7 Å². The molecule has 0 saturated carbocycles. The summed E-state index contributed by atoms with van der Waals surface area (Å²) >= 11 is 3.43. The first kappa shape index (κ1) is 12.7. The van der Waals surface area contributed by atoms with Crippen LogP contribution in [0.2, 0.25) is 0 Å². The lowest BCUT2D eigenvalue weighted by Crippen LogP contribution is -2.30. The highest BCUT2D eigenvalue weighted by atomic mass is 79.9. The van der Waals surface area contributed by atoms with Gasteiger partial charge in [-0.05, 0) is 24.1 Å². The van der Waals surface area contributed by atoms with Crippen LogP contribution >= 0.6 is 15.9 Å². The van der Waals surface area contributed by atoms with Crippen molar-refractivity contribution in [2.45, 2.75) is 18.9 Å². The number of carbonyl (C=O) groups excluding carboxylic acids is 1. The van der Waals surface area contributed by atoms with Crippen molar-refractivity contribution in [1.29, 1.82) is 0 Å². The summed E-state index contributed by atoms with van der Waals surface area (Å²) in [6.07, 6.45) is 2.60. The molecule has 19 heavy (non-hydrogen) atoms. The number of hydrogen-bond acceptors (Lipinski definition) is 2. The summed E-state index contributed by atoms with van der Waals surface area (Å²) in [6.45, 7) is 1.13. The molecule has 2 aromatic rings. The minimum absolute atomic E-state index is 0.0837. The van der Waals surface area contributed by atoms with E-state index in [0.29, 0.717) is 25.9 Å². The predicted octanol–water partition coefficient (Wildman–Crippen LogP) is 2.07. The Hall–Kier alpha value is -1.33. The number of carbonyl (C=O) groups is 1. The molecule has 2 heterocycles. The number of aromatic nitrogens is 1. The van der Waals surface area contributed by atoms with E-state index in [2.05, 4.69) is 20.9 Å². The van der Waals surface area contributed by atoms with Crippen molar-refractivity contribution in [3.8, 4) is 0 Å². The van der Waals surface area contributed by atoms with Gasteiger partial charge in [-0.15, -0.1) is 0 Å². The molecule has 1 aliphatic rings. The molecule has 0 aliphatic carbocycles. The molecule has 1 saturated heterocycles. The van der Waals surface area contributed by atoms with Gasteiger partial charge in [0.2, 0.25) is 5.91 Å². The Balaban J connectivity index is 1.80. The lowest BCUT2D eigenvalue weighted by Gasteiger charge is -2.15. The van der Waals surface area contributed by atoms with Crippen molar-refractivity contribution in [3.63, 3.8) is 0 Å². The number of hydrogen-bond donors (Lipinski definition) is 2. The van der Waals surface area contributed by atoms with E-state index in [9.17, 15) is 9.90 Å². The molecule has 1 atom stereocenters. The fourth-order valence-electron chi connectivity index (χ4n) is 2.55. The van der Waals surface area contributed by atoms with Crippen LogP contribution in [0.15, 0.2) is 28.9 Å². The van der Waals surface area contributed by atoms with Gasteiger partial charge in [0.15, 0.2) is 0 Å². The summed E-state index contributed by atoms with van der Waals surface area (Å²) in [5.41, 5.74) is 2.03. The fraction of sp³-hybridized carbons (Fsp3) is 0.357. The maximum absolute atomic E-state index is 12.2. The molecular formula is C14H15BrN2O2. The third kappa shape index (κ3) is 2.53. The van der Waals surface area contributed by atoms with Gasteiger partial charge in [0.1, 0.15) is 0 Å². The Labute approximate surface area is 119 Å². The quantitative estimate of drug-likeness (QED) is 0.889. The Kier molecular flexibility index (Phi) is 3.33. The molecule has 1 amide bonds. The SMILES string of the molecule is O=C(Cc1c[nH]c2cc(Br)ccc12)N1CC[C@@H](O)C1. The number of rotatable bonds is 2. The van der Waals surface area contributed by atoms with E-state index < -0.39 is 0 Å². The zero-order valence-corrected chi connectivity index (χ0v) is 12.0. The van der Waals surface area contributed by atoms with E-state index in [1.807, 2.05) is 24.4 Å². The van der Waals surface area contributed by atoms with Gasteiger partial charge in [-0.1, -0.05) is 22.0 Å². The molecule has 0 unspecified atom stereocenters. The van der Waals surface area contributed by atoms with Gasteiger partial charge in [-0.25, -0.2) is 0 Å². The molecule has 0 spiro atoms. The van der Waals surface area contributed by atoms with Crippen LogP contribution in [0, 0.1) is 0 Å². The third-order valence-corrected chi connectivity index (χ3v) is 4.08. The maximum Gasteiger partial charge on any atom is 0.227 e. The van der Waals surface area contributed by atoms with E-state index in [0.717, 1.165) is 20.9 Å². The molecule has 0 bridgehead atoms. The van der Waals surface area contributed by atoms with Crippen LogP contribution in [0.4, 0.5) is 0 Å². The predicted molar refractivity (Wildman–Crippen MR) is 76.9 cm³/mol. The summed E-state index contributed by atoms with van der Waals surface area (Å²) in [6, 6.07) is 5.99. The Morgan fingerprint density at radius 1 is 1.53 bits per heavy atom. The third-order valence-electron chi connectivity index (χ3n) is 3.59. The molecular weight excluding hydrogens is 308 g/mol. The number of aliphatic hydroxyl groups is 1. The summed E-state index contributed by atoms with van der Waals surface area (Å²) in [4.78, 5) is 17.1. The lowest BCUT2D eigenvalue weighted by molar-refractivity contribution is -0.129. The Morgan fingerprint density at radius 3 is 3.11 bits per heavy atom. The number of β-amino-alcohol motifs (C(OH)–C–C–N with tert-alkyl or cyclic N) is 1. The number of amides is 1. The zero-order chi connectivity index (χ0) is 13.4. The number of fused-ring (bicyclic) bond motifs is 1. The number of H-pyrrole nitrogens is 1. The van der Waals surface area contributed by atoms with Gasteiger partial charge in [0.25, 0.3) is 0 Å². The second-order valence-corrected chi connectivity index (χ2v) is 5.88. The summed E-state index contributed by atoms with van der Waals surface area (Å²) in [5, 5.41) is 10.6. The number of nitrogens with zero attached hydrogens (tertiary/aromatic N) is 1. The van der Waals surface area contributed by atoms with Gasteiger partial charge >= 0.3 is 0 Å². The minimum Gasteiger partial charge on any atom is -0.391 e. The van der Waals surface area contributed by atoms with E-state index in [-0.39, 0.29) is 12.0 Å². The normalized spacial score (nSPS) is 19.3. The van der Waals surface area contributed by atoms with Crippen molar-refractivity contribution in [1.82, 2.24) is 9.88 Å². The average molecular weight is 323 g/mol. The van der Waals surface area contributed by atoms with Crippen LogP contribution in [0.5, 0.6) is 0 Å². The Bertz CT molecular complexity index is 623. The van der Waals surface area contributed by atoms with Crippen molar-refractivity contribution in [2.24, 2.45) is 0 Å². The van der Waals surface area contributed by atoms with Crippen molar-refractivity contribution < 1.29 is 9.90 Å². The molecule has 5 heteroatoms. The highest BCUT2D eigenvalue weighted by Gasteiger charge is 2.24. The lowest BCUT2D eigenvalue weighted by atomic mass is 10.1. The standard InChI is InChI=1S/C14H15BrN2O2/c15-10-1-2-12-9(7-16-13(12)6-10)5-14(19)17-4-3-11(18)8-17/h1-2,6-7,11,16,18H,3-5,8H2/t11-/m1/s1. The zero-order valence-electron chi connectivity index (χ0n) is 10.4. The average Bonchev–Trinajstić information content (AvgIpc) is 2.96. The highest BCUT2D eigenvalue weighted by Crippen LogP contribution is 2.23. The van der Waals surface area contributed by atoms with Crippen LogP contribution in [-0.2, 0) is 11.2 Å². The van der Waals surface area contributed by atoms with Crippen LogP contribution in [-0.4, -0.2) is 40.1 Å². The first-order valence-electron chi connectivity index (χ1n) is 6.35. The number of benzene rings is 1. The monoisotopic (exact) mass is 322 g/mol. The number of likely N-dealkylation sites (tertiary alicyclic amines) is 1. The van der Waals surface area contributed by atoms with Gasteiger partial charge in [-0.3, -0.25) is 4.79 Å². The van der Waals surface area contributed by atoms with Gasteiger partial charge < -0.3 is 15.0 Å². The molecule has 3 rings (SSSR count). The molecule has 1 aromatic heterocycles. The number of halogens is 1. The van der Waals surface area contributed by atoms with Crippen LogP contribution < -0.4 is 0 Å². The number of aromatic amines is 1. The van der Waals surface area contributed by atoms with E-state index in [1.165, 1.54) is 0 Å². The number of aliphatic hydroxyl groups excluding tert-OH is 1. The maximum atomic E-state index is 12.2. The van der Waals surface area contributed by atoms with Crippen LogP contribution in [0.1, 0.15) is 12.0 Å². The molecule has 1 fully saturated rings. The molecule has 1 aliphatic heterocycles. The summed E-state index contributed by atoms with van der Waals surface area (Å²) in [7, 11) is 0. The molecule has 1 aromatic carbocycles. The van der Waals surface area contributed by atoms with E-state index >= 15 is 0 Å². The fourth-order valence-corrected chi connectivity index (χ4v) is 2.91. The van der Waals surface area contributed by atoms with Crippen LogP contribution in [0.25, 0.3) is 10.9 Å². The topological polar surface area (TPSA) is 56.3 Å². The number of nitrogens with one attached hydrogen (secondary N) is 1. The minimum atomic E-state index is -0.358. The largest absolute Gasteiger partial charge is 0.391 e. The van der Waals surface area contributed by atoms with Gasteiger partial charge in [0.05, 0.1) is 12.5 Å². The van der Waals surface area contributed by atoms with Gasteiger partial charge in [0, 0.05) is 34.7 Å². The molecule has 0 radical (unpaired) electrons. The molecule has 4 nitrogen and oxygen atoms in total. The Morgan fingerprint density at radius 2 is 2.37 bits per heavy atom.